The van der Waals surface area contributed by atoms with Crippen LogP contribution < -0.4 is 11.4 Å². The Kier molecular flexibility index (Phi) is 5.40. The molecule has 0 radical (unpaired) electrons. The Morgan fingerprint density at radius 3 is 2.27 bits per heavy atom. The molecule has 1 amide bonds. The van der Waals surface area contributed by atoms with E-state index in [1.807, 2.05) is 67.6 Å². The van der Waals surface area contributed by atoms with Crippen molar-refractivity contribution in [2.24, 2.45) is 11.3 Å². The molecule has 3 aliphatic rings. The fourth-order valence-electron chi connectivity index (χ4n) is 4.91. The number of β-lactam (4-membered cyclic amide) rings is 1. The van der Waals surface area contributed by atoms with Gasteiger partial charge in [0.2, 0.25) is 5.91 Å². The Balaban J connectivity index is 1.47. The number of rotatable bonds is 6. The van der Waals surface area contributed by atoms with Gasteiger partial charge in [-0.15, -0.1) is 5.53 Å². The molecule has 2 aromatic carbocycles. The third-order valence-electron chi connectivity index (χ3n) is 6.55. The second-order valence-corrected chi connectivity index (χ2v) is 9.22. The number of benzene rings is 2. The van der Waals surface area contributed by atoms with E-state index in [-0.39, 0.29) is 11.9 Å². The predicted octanol–water partition coefficient (Wildman–Crippen LogP) is 2.06. The highest BCUT2D eigenvalue weighted by atomic mass is 32.1. The van der Waals surface area contributed by atoms with Crippen molar-refractivity contribution >= 4 is 29.0 Å². The molecule has 3 aliphatic heterocycles. The molecule has 8 nitrogen and oxygen atoms in total. The molecule has 3 atom stereocenters. The minimum Gasteiger partial charge on any atom is -0.451 e. The predicted molar refractivity (Wildman–Crippen MR) is 126 cm³/mol. The quantitative estimate of drug-likeness (QED) is 0.291. The molecular weight excluding hydrogens is 438 g/mol. The summed E-state index contributed by atoms with van der Waals surface area (Å²) < 4.78 is 6.15. The van der Waals surface area contributed by atoms with E-state index in [1.165, 1.54) is 5.12 Å². The number of esters is 1. The molecule has 0 bridgehead atoms. The molecule has 1 unspecified atom stereocenters. The van der Waals surface area contributed by atoms with Gasteiger partial charge >= 0.3 is 5.97 Å². The van der Waals surface area contributed by atoms with Crippen LogP contribution in [0.2, 0.25) is 0 Å². The lowest BCUT2D eigenvalue weighted by Gasteiger charge is -2.39. The average Bonchev–Trinajstić information content (AvgIpc) is 3.30. The van der Waals surface area contributed by atoms with Gasteiger partial charge in [-0.25, -0.2) is 15.8 Å². The average molecular weight is 464 g/mol. The maximum atomic E-state index is 13.8. The van der Waals surface area contributed by atoms with Gasteiger partial charge in [-0.3, -0.25) is 9.80 Å². The lowest BCUT2D eigenvalue weighted by molar-refractivity contribution is -0.166. The van der Waals surface area contributed by atoms with Crippen LogP contribution in [0.5, 0.6) is 0 Å². The van der Waals surface area contributed by atoms with E-state index in [0.29, 0.717) is 17.8 Å². The van der Waals surface area contributed by atoms with Gasteiger partial charge in [-0.1, -0.05) is 79.8 Å². The van der Waals surface area contributed by atoms with Crippen molar-refractivity contribution < 1.29 is 14.3 Å². The molecule has 2 saturated heterocycles. The van der Waals surface area contributed by atoms with E-state index in [9.17, 15) is 9.59 Å². The number of hydrogen-bond acceptors (Lipinski definition) is 8. The largest absolute Gasteiger partial charge is 0.451 e. The normalized spacial score (nSPS) is 26.1. The maximum Gasteiger partial charge on any atom is 0.330 e. The molecule has 0 spiro atoms. The molecule has 5 rings (SSSR count). The van der Waals surface area contributed by atoms with Crippen molar-refractivity contribution in [1.82, 2.24) is 20.6 Å². The molecular formula is C24H25N5O3S. The van der Waals surface area contributed by atoms with E-state index >= 15 is 0 Å². The second kappa shape index (κ2) is 8.26. The fraction of sp³-hybridized carbons (Fsp3) is 0.292. The summed E-state index contributed by atoms with van der Waals surface area (Å²) in [5.41, 5.74) is 3.87. The number of nitrogens with one attached hydrogen (secondary N) is 1. The summed E-state index contributed by atoms with van der Waals surface area (Å²) in [6.45, 7) is 2.28. The first-order valence-electron chi connectivity index (χ1n) is 10.8. The molecule has 33 heavy (non-hydrogen) atoms. The van der Waals surface area contributed by atoms with Crippen molar-refractivity contribution in [2.45, 2.75) is 31.5 Å². The molecule has 2 aromatic rings. The van der Waals surface area contributed by atoms with Gasteiger partial charge in [0.05, 0.1) is 24.1 Å². The summed E-state index contributed by atoms with van der Waals surface area (Å²) in [6, 6.07) is 18.1. The summed E-state index contributed by atoms with van der Waals surface area (Å²) in [5, 5.41) is 3.07. The highest BCUT2D eigenvalue weighted by molar-refractivity contribution is 7.80. The first-order valence-corrected chi connectivity index (χ1v) is 11.2. The molecule has 2 fully saturated rings. The topological polar surface area (TPSA) is 91.1 Å². The Morgan fingerprint density at radius 1 is 1.15 bits per heavy atom. The van der Waals surface area contributed by atoms with Gasteiger partial charge in [0.15, 0.2) is 6.10 Å². The van der Waals surface area contributed by atoms with E-state index in [2.05, 4.69) is 5.53 Å². The number of hydrogen-bond donors (Lipinski definition) is 2. The first kappa shape index (κ1) is 21.6. The molecule has 9 heteroatoms. The fourth-order valence-corrected chi connectivity index (χ4v) is 5.28. The third kappa shape index (κ3) is 3.68. The van der Waals surface area contributed by atoms with Gasteiger partial charge < -0.3 is 9.64 Å². The summed E-state index contributed by atoms with van der Waals surface area (Å²) in [6.07, 6.45) is 3.16. The zero-order valence-corrected chi connectivity index (χ0v) is 18.9. The van der Waals surface area contributed by atoms with Crippen LogP contribution in [-0.2, 0) is 14.3 Å². The van der Waals surface area contributed by atoms with Gasteiger partial charge in [-0.2, -0.15) is 0 Å². The number of fused-ring (bicyclic) bond motifs is 1. The lowest BCUT2D eigenvalue weighted by atomic mass is 9.80. The Hall–Kier alpha value is -3.27. The van der Waals surface area contributed by atoms with Crippen LogP contribution in [0, 0.1) is 5.41 Å². The van der Waals surface area contributed by atoms with Crippen LogP contribution in [0.25, 0.3) is 0 Å². The van der Waals surface area contributed by atoms with Gasteiger partial charge in [0.25, 0.3) is 0 Å². The SMILES string of the molecule is C[C@@]1(CN2C=CN(N)N2)C(=S)C2CC(=O)N2[C@@H]1C(=O)OC(c1ccccc1)c1ccccc1. The molecule has 3 heterocycles. The van der Waals surface area contributed by atoms with Crippen LogP contribution in [-0.4, -0.2) is 50.4 Å². The zero-order valence-electron chi connectivity index (χ0n) is 18.1. The van der Waals surface area contributed by atoms with Crippen LogP contribution in [0.4, 0.5) is 0 Å². The van der Waals surface area contributed by atoms with Crippen molar-refractivity contribution in [3.05, 3.63) is 84.2 Å². The number of hydrazine groups is 3. The van der Waals surface area contributed by atoms with Gasteiger partial charge in [0, 0.05) is 17.6 Å². The standard InChI is InChI=1S/C24H25N5O3S/c1-24(15-27-12-13-28(25)26-27)21(29-18(22(24)33)14-19(29)30)23(31)32-20(16-8-4-2-5-9-16)17-10-6-3-7-11-17/h2-13,18,20-21,26H,14-15,25H2,1H3/t18?,21-,24+/m1/s1. The van der Waals surface area contributed by atoms with E-state index in [0.717, 1.165) is 11.1 Å². The first-order chi connectivity index (χ1) is 15.9. The Bertz CT molecular complexity index is 1070. The van der Waals surface area contributed by atoms with E-state index < -0.39 is 23.5 Å². The number of ether oxygens (including phenoxy) is 1. The van der Waals surface area contributed by atoms with Crippen LogP contribution in [0.15, 0.2) is 73.1 Å². The lowest BCUT2D eigenvalue weighted by Crippen LogP contribution is -2.58. The monoisotopic (exact) mass is 463 g/mol. The number of amides is 1. The van der Waals surface area contributed by atoms with Crippen LogP contribution >= 0.6 is 12.2 Å². The Morgan fingerprint density at radius 2 is 1.76 bits per heavy atom. The highest BCUT2D eigenvalue weighted by Crippen LogP contribution is 2.47. The summed E-state index contributed by atoms with van der Waals surface area (Å²) in [4.78, 5) is 28.6. The molecule has 0 aliphatic carbocycles. The summed E-state index contributed by atoms with van der Waals surface area (Å²) in [5.74, 6) is 5.20. The van der Waals surface area contributed by atoms with Crippen LogP contribution in [0.3, 0.4) is 0 Å². The van der Waals surface area contributed by atoms with E-state index in [1.54, 1.807) is 22.3 Å². The minimum atomic E-state index is -0.826. The zero-order chi connectivity index (χ0) is 23.2. The smallest absolute Gasteiger partial charge is 0.330 e. The van der Waals surface area contributed by atoms with E-state index in [4.69, 9.17) is 22.8 Å². The highest BCUT2D eigenvalue weighted by Gasteiger charge is 2.64. The summed E-state index contributed by atoms with van der Waals surface area (Å²) >= 11 is 5.79. The van der Waals surface area contributed by atoms with Gasteiger partial charge in [0.1, 0.15) is 6.04 Å². The maximum absolute atomic E-state index is 13.8. The van der Waals surface area contributed by atoms with Crippen molar-refractivity contribution in [3.63, 3.8) is 0 Å². The number of thiocarbonyl (C=S) groups is 1. The molecule has 0 aromatic heterocycles. The number of carbonyl (C=O) groups is 2. The number of nitrogens with zero attached hydrogens (tertiary/aromatic N) is 3. The van der Waals surface area contributed by atoms with Crippen molar-refractivity contribution in [3.8, 4) is 0 Å². The van der Waals surface area contributed by atoms with Gasteiger partial charge in [-0.05, 0) is 11.1 Å². The molecule has 170 valence electrons. The molecule has 0 saturated carbocycles. The summed E-state index contributed by atoms with van der Waals surface area (Å²) in [7, 11) is 0. The van der Waals surface area contributed by atoms with Crippen LogP contribution in [0.1, 0.15) is 30.6 Å². The molecule has 3 N–H and O–H groups in total. The number of carbonyl (C=O) groups excluding carboxylic acids is 2. The van der Waals surface area contributed by atoms with Crippen molar-refractivity contribution in [1.29, 1.82) is 0 Å². The van der Waals surface area contributed by atoms with Crippen molar-refractivity contribution in [2.75, 3.05) is 6.54 Å². The Labute approximate surface area is 197 Å². The minimum absolute atomic E-state index is 0.0885. The second-order valence-electron chi connectivity index (χ2n) is 8.78. The third-order valence-corrected chi connectivity index (χ3v) is 7.29. The number of nitrogens with two attached hydrogens (primary N) is 1.